The number of hydrogen-bond acceptors (Lipinski definition) is 4. The zero-order chi connectivity index (χ0) is 15.1. The summed E-state index contributed by atoms with van der Waals surface area (Å²) in [4.78, 5) is 25.3. The Morgan fingerprint density at radius 2 is 1.82 bits per heavy atom. The average Bonchev–Trinajstić information content (AvgIpc) is 2.87. The first-order valence-corrected chi connectivity index (χ1v) is 8.55. The van der Waals surface area contributed by atoms with Gasteiger partial charge in [-0.15, -0.1) is 0 Å². The molecule has 1 spiro atoms. The highest BCUT2D eigenvalue weighted by molar-refractivity contribution is 14.1. The Kier molecular flexibility index (Phi) is 2.43. The molecular weight excluding hydrogens is 395 g/mol. The Balaban J connectivity index is 1.45. The Hall–Kier alpha value is -1.44. The van der Waals surface area contributed by atoms with Gasteiger partial charge in [-0.3, -0.25) is 9.59 Å². The lowest BCUT2D eigenvalue weighted by Crippen LogP contribution is -2.30. The molecule has 3 fully saturated rings. The van der Waals surface area contributed by atoms with E-state index in [0.29, 0.717) is 5.76 Å². The molecule has 4 atom stereocenters. The molecule has 0 unspecified atom stereocenters. The monoisotopic (exact) mass is 408 g/mol. The summed E-state index contributed by atoms with van der Waals surface area (Å²) in [6.07, 6.45) is 8.06. The minimum Gasteiger partial charge on any atom is -0.449 e. The summed E-state index contributed by atoms with van der Waals surface area (Å²) in [6.45, 7) is 0. The molecule has 0 radical (unpaired) electrons. The summed E-state index contributed by atoms with van der Waals surface area (Å²) in [5.74, 6) is 0.346. The molecule has 2 bridgehead atoms. The van der Waals surface area contributed by atoms with Gasteiger partial charge in [0.1, 0.15) is 5.76 Å². The fourth-order valence-corrected chi connectivity index (χ4v) is 5.12. The van der Waals surface area contributed by atoms with Crippen molar-refractivity contribution >= 4 is 40.6 Å². The predicted molar refractivity (Wildman–Crippen MR) is 85.6 cm³/mol. The van der Waals surface area contributed by atoms with Crippen molar-refractivity contribution in [3.8, 4) is 0 Å². The first-order valence-electron chi connectivity index (χ1n) is 7.47. The van der Waals surface area contributed by atoms with Gasteiger partial charge >= 0.3 is 0 Å². The van der Waals surface area contributed by atoms with Crippen LogP contribution in [0.1, 0.15) is 18.6 Å². The minimum absolute atomic E-state index is 0.143. The van der Waals surface area contributed by atoms with Crippen LogP contribution in [0.5, 0.6) is 0 Å². The van der Waals surface area contributed by atoms with E-state index >= 15 is 0 Å². The maximum absolute atomic E-state index is 12.7. The quantitative estimate of drug-likeness (QED) is 0.327. The maximum atomic E-state index is 12.7. The van der Waals surface area contributed by atoms with Crippen molar-refractivity contribution in [2.75, 3.05) is 0 Å². The van der Waals surface area contributed by atoms with E-state index in [1.165, 1.54) is 6.21 Å². The van der Waals surface area contributed by atoms with Gasteiger partial charge < -0.3 is 4.42 Å². The molecule has 4 aliphatic rings. The highest BCUT2D eigenvalue weighted by atomic mass is 127. The molecule has 22 heavy (non-hydrogen) atoms. The van der Waals surface area contributed by atoms with Crippen LogP contribution in [0.3, 0.4) is 0 Å². The second-order valence-electron chi connectivity index (χ2n) is 6.60. The highest BCUT2D eigenvalue weighted by Gasteiger charge is 2.73. The fourth-order valence-electron chi connectivity index (χ4n) is 4.69. The minimum atomic E-state index is -0.195. The molecule has 5 nitrogen and oxygen atoms in total. The number of furan rings is 1. The standard InChI is InChI=1S/C16H13IN2O3/c17-11-4-1-8(22-11)7-18-19-14(20)12-9-2-3-10(13(12)15(19)21)16(9)5-6-16/h1-4,7,9-10,12-13H,5-6H2/t9-,10-,12-,13-/m1/s1. The van der Waals surface area contributed by atoms with Gasteiger partial charge in [0.15, 0.2) is 3.77 Å². The number of hydrazone groups is 1. The summed E-state index contributed by atoms with van der Waals surface area (Å²) >= 11 is 2.06. The topological polar surface area (TPSA) is 62.9 Å². The van der Waals surface area contributed by atoms with Crippen molar-refractivity contribution < 1.29 is 14.0 Å². The number of nitrogens with zero attached hydrogens (tertiary/aromatic N) is 2. The van der Waals surface area contributed by atoms with E-state index in [0.717, 1.165) is 21.6 Å². The van der Waals surface area contributed by atoms with Crippen LogP contribution in [0.4, 0.5) is 0 Å². The zero-order valence-electron chi connectivity index (χ0n) is 11.6. The molecule has 1 aliphatic heterocycles. The molecule has 112 valence electrons. The lowest BCUT2D eigenvalue weighted by atomic mass is 9.85. The molecule has 2 amide bonds. The van der Waals surface area contributed by atoms with Crippen LogP contribution in [0, 0.1) is 32.9 Å². The van der Waals surface area contributed by atoms with Gasteiger partial charge in [0, 0.05) is 0 Å². The second kappa shape index (κ2) is 4.10. The van der Waals surface area contributed by atoms with Gasteiger partial charge in [-0.25, -0.2) is 0 Å². The predicted octanol–water partition coefficient (Wildman–Crippen LogP) is 2.42. The summed E-state index contributed by atoms with van der Waals surface area (Å²) in [5, 5.41) is 5.16. The van der Waals surface area contributed by atoms with Gasteiger partial charge in [0.05, 0.1) is 18.1 Å². The van der Waals surface area contributed by atoms with Crippen LogP contribution in [-0.2, 0) is 9.59 Å². The Labute approximate surface area is 140 Å². The lowest BCUT2D eigenvalue weighted by Gasteiger charge is -2.18. The number of imide groups is 1. The van der Waals surface area contributed by atoms with Crippen LogP contribution >= 0.6 is 22.6 Å². The third-order valence-corrected chi connectivity index (χ3v) is 6.30. The molecule has 2 heterocycles. The molecule has 1 aromatic rings. The Morgan fingerprint density at radius 1 is 1.18 bits per heavy atom. The number of amides is 2. The molecule has 5 rings (SSSR count). The smallest absolute Gasteiger partial charge is 0.254 e. The summed E-state index contributed by atoms with van der Waals surface area (Å²) in [7, 11) is 0. The van der Waals surface area contributed by atoms with Crippen molar-refractivity contribution in [2.24, 2.45) is 34.2 Å². The van der Waals surface area contributed by atoms with Gasteiger partial charge in [-0.2, -0.15) is 10.1 Å². The number of carbonyl (C=O) groups is 2. The van der Waals surface area contributed by atoms with Gasteiger partial charge in [0.2, 0.25) is 0 Å². The molecule has 3 aliphatic carbocycles. The normalized spacial score (nSPS) is 37.0. The van der Waals surface area contributed by atoms with Crippen molar-refractivity contribution in [1.29, 1.82) is 0 Å². The van der Waals surface area contributed by atoms with E-state index in [1.54, 1.807) is 6.07 Å². The maximum Gasteiger partial charge on any atom is 0.254 e. The molecule has 6 heteroatoms. The first-order chi connectivity index (χ1) is 10.6. The summed E-state index contributed by atoms with van der Waals surface area (Å²) < 4.78 is 6.12. The van der Waals surface area contributed by atoms with Crippen LogP contribution in [0.2, 0.25) is 0 Å². The van der Waals surface area contributed by atoms with Crippen molar-refractivity contribution in [3.05, 3.63) is 33.8 Å². The molecule has 1 saturated heterocycles. The number of halogens is 1. The number of rotatable bonds is 2. The lowest BCUT2D eigenvalue weighted by molar-refractivity contribution is -0.141. The van der Waals surface area contributed by atoms with Gasteiger partial charge in [0.25, 0.3) is 11.8 Å². The molecular formula is C16H13IN2O3. The Bertz CT molecular complexity index is 727. The summed E-state index contributed by atoms with van der Waals surface area (Å²) in [5.41, 5.74) is 0.230. The van der Waals surface area contributed by atoms with E-state index in [1.807, 2.05) is 6.07 Å². The SMILES string of the molecule is O=C1[C@H]2[C@H](C(=O)N1N=Cc1ccc(I)o1)[C@H]1C=C[C@H]2C12CC2. The van der Waals surface area contributed by atoms with Crippen molar-refractivity contribution in [1.82, 2.24) is 5.01 Å². The average molecular weight is 408 g/mol. The largest absolute Gasteiger partial charge is 0.449 e. The number of allylic oxidation sites excluding steroid dienone is 2. The van der Waals surface area contributed by atoms with Gasteiger partial charge in [-0.05, 0) is 64.8 Å². The third-order valence-electron chi connectivity index (χ3n) is 5.72. The van der Waals surface area contributed by atoms with E-state index in [-0.39, 0.29) is 40.9 Å². The van der Waals surface area contributed by atoms with Crippen LogP contribution in [0.25, 0.3) is 0 Å². The van der Waals surface area contributed by atoms with E-state index < -0.39 is 0 Å². The van der Waals surface area contributed by atoms with E-state index in [4.69, 9.17) is 4.42 Å². The molecule has 1 aromatic heterocycles. The third kappa shape index (κ3) is 1.46. The van der Waals surface area contributed by atoms with Crippen molar-refractivity contribution in [2.45, 2.75) is 12.8 Å². The summed E-state index contributed by atoms with van der Waals surface area (Å²) in [6, 6.07) is 3.58. The Morgan fingerprint density at radius 3 is 2.32 bits per heavy atom. The van der Waals surface area contributed by atoms with E-state index in [2.05, 4.69) is 39.8 Å². The van der Waals surface area contributed by atoms with Crippen LogP contribution in [0.15, 0.2) is 33.8 Å². The van der Waals surface area contributed by atoms with Crippen molar-refractivity contribution in [3.63, 3.8) is 0 Å². The van der Waals surface area contributed by atoms with Gasteiger partial charge in [-0.1, -0.05) is 12.2 Å². The zero-order valence-corrected chi connectivity index (χ0v) is 13.8. The fraction of sp³-hybridized carbons (Fsp3) is 0.438. The number of fused-ring (bicyclic) bond motifs is 3. The number of hydrogen-bond donors (Lipinski definition) is 0. The molecule has 0 N–H and O–H groups in total. The number of carbonyl (C=O) groups excluding carboxylic acids is 2. The van der Waals surface area contributed by atoms with Crippen LogP contribution < -0.4 is 0 Å². The molecule has 2 saturated carbocycles. The molecule has 0 aromatic carbocycles. The second-order valence-corrected chi connectivity index (χ2v) is 7.66. The first kappa shape index (κ1) is 13.0. The highest BCUT2D eigenvalue weighted by Crippen LogP contribution is 2.73. The van der Waals surface area contributed by atoms with Crippen LogP contribution in [-0.4, -0.2) is 23.0 Å². The van der Waals surface area contributed by atoms with E-state index in [9.17, 15) is 9.59 Å².